The van der Waals surface area contributed by atoms with Crippen molar-refractivity contribution in [3.8, 4) is 0 Å². The van der Waals surface area contributed by atoms with Gasteiger partial charge in [-0.2, -0.15) is 0 Å². The zero-order chi connectivity index (χ0) is 13.2. The summed E-state index contributed by atoms with van der Waals surface area (Å²) in [4.78, 5) is 0. The molecular formula is C10H19NO5S2. The van der Waals surface area contributed by atoms with E-state index in [1.807, 2.05) is 0 Å². The Morgan fingerprint density at radius 2 is 1.67 bits per heavy atom. The lowest BCUT2D eigenvalue weighted by Crippen LogP contribution is -2.33. The Balaban J connectivity index is 1.60. The first kappa shape index (κ1) is 14.2. The van der Waals surface area contributed by atoms with E-state index in [1.54, 1.807) is 0 Å². The summed E-state index contributed by atoms with van der Waals surface area (Å²) in [6.45, 7) is 0.994. The van der Waals surface area contributed by atoms with Crippen LogP contribution in [0.3, 0.4) is 0 Å². The highest BCUT2D eigenvalue weighted by Crippen LogP contribution is 2.14. The molecule has 0 radical (unpaired) electrons. The third-order valence-electron chi connectivity index (χ3n) is 3.31. The zero-order valence-electron chi connectivity index (χ0n) is 10.2. The predicted molar refractivity (Wildman–Crippen MR) is 68.1 cm³/mol. The second-order valence-corrected chi connectivity index (χ2v) is 9.41. The number of rotatable bonds is 5. The molecule has 0 saturated carbocycles. The van der Waals surface area contributed by atoms with Crippen molar-refractivity contribution in [3.05, 3.63) is 0 Å². The van der Waals surface area contributed by atoms with Crippen LogP contribution in [-0.2, 0) is 24.4 Å². The van der Waals surface area contributed by atoms with Crippen LogP contribution in [-0.4, -0.2) is 65.1 Å². The van der Waals surface area contributed by atoms with Crippen LogP contribution in [0.25, 0.3) is 0 Å². The molecule has 0 aromatic rings. The van der Waals surface area contributed by atoms with Crippen molar-refractivity contribution in [2.45, 2.75) is 25.0 Å². The van der Waals surface area contributed by atoms with Gasteiger partial charge in [0.1, 0.15) is 0 Å². The highest BCUT2D eigenvalue weighted by atomic mass is 32.2. The van der Waals surface area contributed by atoms with Crippen molar-refractivity contribution in [1.29, 1.82) is 0 Å². The summed E-state index contributed by atoms with van der Waals surface area (Å²) < 4.78 is 50.3. The van der Waals surface area contributed by atoms with Crippen molar-refractivity contribution in [2.24, 2.45) is 0 Å². The molecule has 2 fully saturated rings. The number of sulfone groups is 2. The molecule has 2 atom stereocenters. The van der Waals surface area contributed by atoms with E-state index in [1.165, 1.54) is 0 Å². The molecule has 0 aliphatic carbocycles. The molecule has 106 valence electrons. The Morgan fingerprint density at radius 1 is 1.00 bits per heavy atom. The van der Waals surface area contributed by atoms with Gasteiger partial charge in [0.05, 0.1) is 35.7 Å². The van der Waals surface area contributed by atoms with Crippen LogP contribution in [0.4, 0.5) is 0 Å². The Hall–Kier alpha value is -0.180. The normalized spacial score (nSPS) is 33.8. The predicted octanol–water partition coefficient (Wildman–Crippen LogP) is -1.03. The standard InChI is InChI=1S/C10H19NO5S2/c12-17(13)5-1-9(7-17)11-3-4-16-10-2-6-18(14,15)8-10/h9-11H,1-8H2. The van der Waals surface area contributed by atoms with Gasteiger partial charge < -0.3 is 10.1 Å². The van der Waals surface area contributed by atoms with Crippen molar-refractivity contribution in [3.63, 3.8) is 0 Å². The summed E-state index contributed by atoms with van der Waals surface area (Å²) >= 11 is 0. The molecule has 0 spiro atoms. The van der Waals surface area contributed by atoms with Gasteiger partial charge in [0.2, 0.25) is 0 Å². The van der Waals surface area contributed by atoms with Crippen molar-refractivity contribution in [2.75, 3.05) is 36.2 Å². The minimum atomic E-state index is -2.89. The first-order valence-corrected chi connectivity index (χ1v) is 9.76. The SMILES string of the molecule is O=S1(=O)CCC(NCCOC2CCS(=O)(=O)C2)C1. The maximum absolute atomic E-state index is 11.2. The van der Waals surface area contributed by atoms with Gasteiger partial charge in [0.25, 0.3) is 0 Å². The van der Waals surface area contributed by atoms with Crippen LogP contribution in [0.1, 0.15) is 12.8 Å². The lowest BCUT2D eigenvalue weighted by atomic mass is 10.3. The minimum Gasteiger partial charge on any atom is -0.376 e. The highest BCUT2D eigenvalue weighted by molar-refractivity contribution is 7.91. The van der Waals surface area contributed by atoms with Gasteiger partial charge in [-0.25, -0.2) is 16.8 Å². The molecule has 0 aromatic heterocycles. The molecule has 8 heteroatoms. The highest BCUT2D eigenvalue weighted by Gasteiger charge is 2.29. The second-order valence-electron chi connectivity index (χ2n) is 4.95. The fourth-order valence-corrected chi connectivity index (χ4v) is 5.66. The van der Waals surface area contributed by atoms with Gasteiger partial charge in [0.15, 0.2) is 19.7 Å². The summed E-state index contributed by atoms with van der Waals surface area (Å²) in [5, 5.41) is 3.13. The van der Waals surface area contributed by atoms with Gasteiger partial charge in [-0.05, 0) is 12.8 Å². The van der Waals surface area contributed by atoms with Gasteiger partial charge >= 0.3 is 0 Å². The fraction of sp³-hybridized carbons (Fsp3) is 1.00. The van der Waals surface area contributed by atoms with Crippen LogP contribution in [0.5, 0.6) is 0 Å². The van der Waals surface area contributed by atoms with Crippen LogP contribution in [0.2, 0.25) is 0 Å². The van der Waals surface area contributed by atoms with Crippen molar-refractivity contribution >= 4 is 19.7 Å². The number of nitrogens with one attached hydrogen (secondary N) is 1. The van der Waals surface area contributed by atoms with Crippen LogP contribution >= 0.6 is 0 Å². The second kappa shape index (κ2) is 5.44. The van der Waals surface area contributed by atoms with E-state index >= 15 is 0 Å². The number of ether oxygens (including phenoxy) is 1. The van der Waals surface area contributed by atoms with E-state index in [4.69, 9.17) is 4.74 Å². The lowest BCUT2D eigenvalue weighted by molar-refractivity contribution is 0.0719. The van der Waals surface area contributed by atoms with Gasteiger partial charge in [-0.15, -0.1) is 0 Å². The van der Waals surface area contributed by atoms with E-state index in [0.717, 1.165) is 0 Å². The smallest absolute Gasteiger partial charge is 0.152 e. The largest absolute Gasteiger partial charge is 0.376 e. The molecule has 2 rings (SSSR count). The number of hydrogen-bond acceptors (Lipinski definition) is 6. The molecule has 2 unspecified atom stereocenters. The quantitative estimate of drug-likeness (QED) is 0.653. The zero-order valence-corrected chi connectivity index (χ0v) is 11.8. The lowest BCUT2D eigenvalue weighted by Gasteiger charge is -2.13. The first-order valence-electron chi connectivity index (χ1n) is 6.12. The van der Waals surface area contributed by atoms with Gasteiger partial charge in [-0.1, -0.05) is 0 Å². The first-order chi connectivity index (χ1) is 8.36. The van der Waals surface area contributed by atoms with Crippen molar-refractivity contribution < 1.29 is 21.6 Å². The Morgan fingerprint density at radius 3 is 2.22 bits per heavy atom. The van der Waals surface area contributed by atoms with Gasteiger partial charge in [0, 0.05) is 12.6 Å². The average Bonchev–Trinajstić information content (AvgIpc) is 2.76. The molecule has 2 saturated heterocycles. The molecule has 18 heavy (non-hydrogen) atoms. The van der Waals surface area contributed by atoms with Gasteiger partial charge in [-0.3, -0.25) is 0 Å². The topological polar surface area (TPSA) is 89.5 Å². The maximum Gasteiger partial charge on any atom is 0.152 e. The molecule has 0 bridgehead atoms. The summed E-state index contributed by atoms with van der Waals surface area (Å²) in [6, 6.07) is 0.0194. The summed E-state index contributed by atoms with van der Waals surface area (Å²) in [5.41, 5.74) is 0. The molecule has 6 nitrogen and oxygen atoms in total. The molecule has 2 heterocycles. The van der Waals surface area contributed by atoms with E-state index in [2.05, 4.69) is 5.32 Å². The molecule has 1 N–H and O–H groups in total. The average molecular weight is 297 g/mol. The minimum absolute atomic E-state index is 0.0194. The van der Waals surface area contributed by atoms with Crippen LogP contribution in [0.15, 0.2) is 0 Å². The molecule has 0 aromatic carbocycles. The Labute approximate surface area is 108 Å². The van der Waals surface area contributed by atoms with E-state index in [0.29, 0.717) is 26.0 Å². The Kier molecular flexibility index (Phi) is 4.30. The molecule has 0 amide bonds. The summed E-state index contributed by atoms with van der Waals surface area (Å²) in [5.74, 6) is 0.786. The molecule has 2 aliphatic heterocycles. The third kappa shape index (κ3) is 4.18. The summed E-state index contributed by atoms with van der Waals surface area (Å²) in [7, 11) is -5.73. The van der Waals surface area contributed by atoms with E-state index in [-0.39, 0.29) is 35.2 Å². The third-order valence-corrected chi connectivity index (χ3v) is 6.82. The molecular weight excluding hydrogens is 278 g/mol. The van der Waals surface area contributed by atoms with E-state index in [9.17, 15) is 16.8 Å². The summed E-state index contributed by atoms with van der Waals surface area (Å²) in [6.07, 6.45) is 1.03. The van der Waals surface area contributed by atoms with E-state index < -0.39 is 19.7 Å². The van der Waals surface area contributed by atoms with Crippen LogP contribution < -0.4 is 5.32 Å². The van der Waals surface area contributed by atoms with Crippen molar-refractivity contribution in [1.82, 2.24) is 5.32 Å². The monoisotopic (exact) mass is 297 g/mol. The molecule has 2 aliphatic rings. The van der Waals surface area contributed by atoms with Crippen LogP contribution in [0, 0.1) is 0 Å². The Bertz CT molecular complexity index is 438. The number of hydrogen-bond donors (Lipinski definition) is 1. The maximum atomic E-state index is 11.2. The fourth-order valence-electron chi connectivity index (χ4n) is 2.34.